The maximum absolute atomic E-state index is 12.9. The van der Waals surface area contributed by atoms with Gasteiger partial charge in [-0.3, -0.25) is 9.59 Å². The Kier molecular flexibility index (Phi) is 4.99. The number of carbonyl (C=O) groups is 3. The predicted octanol–water partition coefficient (Wildman–Crippen LogP) is 3.14. The minimum absolute atomic E-state index is 0.0635. The van der Waals surface area contributed by atoms with E-state index in [9.17, 15) is 14.4 Å². The van der Waals surface area contributed by atoms with Crippen molar-refractivity contribution in [3.05, 3.63) is 58.7 Å². The molecule has 0 bridgehead atoms. The van der Waals surface area contributed by atoms with Crippen LogP contribution in [0.5, 0.6) is 0 Å². The fourth-order valence-electron chi connectivity index (χ4n) is 3.26. The first-order chi connectivity index (χ1) is 12.8. The summed E-state index contributed by atoms with van der Waals surface area (Å²) in [6.07, 6.45) is 0.0635. The number of carbonyl (C=O) groups excluding carboxylic acids is 3. The van der Waals surface area contributed by atoms with Crippen LogP contribution in [0.1, 0.15) is 33.5 Å². The van der Waals surface area contributed by atoms with Crippen molar-refractivity contribution in [2.75, 3.05) is 17.3 Å². The number of ether oxygens (including phenoxy) is 1. The van der Waals surface area contributed by atoms with Crippen molar-refractivity contribution < 1.29 is 19.1 Å². The molecule has 0 unspecified atom stereocenters. The number of esters is 1. The molecule has 0 saturated carbocycles. The van der Waals surface area contributed by atoms with Gasteiger partial charge in [-0.05, 0) is 50.1 Å². The topological polar surface area (TPSA) is 75.7 Å². The summed E-state index contributed by atoms with van der Waals surface area (Å²) in [4.78, 5) is 38.4. The zero-order valence-corrected chi connectivity index (χ0v) is 15.8. The molecule has 0 aromatic heterocycles. The molecular formula is C21H22N2O4. The van der Waals surface area contributed by atoms with Gasteiger partial charge in [-0.15, -0.1) is 0 Å². The molecule has 0 aliphatic carbocycles. The number of hydrogen-bond acceptors (Lipinski definition) is 5. The summed E-state index contributed by atoms with van der Waals surface area (Å²) < 4.78 is 4.74. The quantitative estimate of drug-likeness (QED) is 0.665. The molecule has 0 spiro atoms. The van der Waals surface area contributed by atoms with E-state index >= 15 is 0 Å². The van der Waals surface area contributed by atoms with E-state index in [4.69, 9.17) is 4.74 Å². The van der Waals surface area contributed by atoms with Gasteiger partial charge in [-0.2, -0.15) is 0 Å². The first kappa shape index (κ1) is 18.6. The fourth-order valence-corrected chi connectivity index (χ4v) is 3.26. The van der Waals surface area contributed by atoms with Gasteiger partial charge < -0.3 is 10.1 Å². The van der Waals surface area contributed by atoms with Gasteiger partial charge >= 0.3 is 5.97 Å². The Morgan fingerprint density at radius 2 is 1.81 bits per heavy atom. The lowest BCUT2D eigenvalue weighted by Gasteiger charge is -2.19. The average molecular weight is 366 g/mol. The van der Waals surface area contributed by atoms with Crippen molar-refractivity contribution in [1.29, 1.82) is 0 Å². The van der Waals surface area contributed by atoms with Gasteiger partial charge in [-0.1, -0.05) is 23.8 Å². The van der Waals surface area contributed by atoms with Gasteiger partial charge in [0.1, 0.15) is 6.04 Å². The van der Waals surface area contributed by atoms with Gasteiger partial charge in [-0.25, -0.2) is 9.69 Å². The third-order valence-corrected chi connectivity index (χ3v) is 4.73. The molecule has 140 valence electrons. The lowest BCUT2D eigenvalue weighted by molar-refractivity contribution is -0.121. The maximum atomic E-state index is 12.9. The Labute approximate surface area is 158 Å². The van der Waals surface area contributed by atoms with Crippen LogP contribution in [-0.4, -0.2) is 30.9 Å². The zero-order valence-electron chi connectivity index (χ0n) is 15.8. The second-order valence-corrected chi connectivity index (χ2v) is 6.78. The van der Waals surface area contributed by atoms with Gasteiger partial charge in [0, 0.05) is 5.69 Å². The van der Waals surface area contributed by atoms with Crippen molar-refractivity contribution >= 4 is 29.2 Å². The monoisotopic (exact) mass is 366 g/mol. The van der Waals surface area contributed by atoms with Crippen LogP contribution in [0, 0.1) is 20.8 Å². The molecule has 1 aliphatic heterocycles. The Hall–Kier alpha value is -3.15. The minimum atomic E-state index is -0.676. The van der Waals surface area contributed by atoms with Crippen LogP contribution in [-0.2, 0) is 14.3 Å². The molecule has 1 aliphatic rings. The number of rotatable bonds is 4. The van der Waals surface area contributed by atoms with Gasteiger partial charge in [0.25, 0.3) is 5.91 Å². The second kappa shape index (κ2) is 7.23. The zero-order chi connectivity index (χ0) is 19.7. The van der Waals surface area contributed by atoms with Crippen molar-refractivity contribution in [2.24, 2.45) is 0 Å². The summed E-state index contributed by atoms with van der Waals surface area (Å²) >= 11 is 0. The Bertz CT molecular complexity index is 936. The first-order valence-corrected chi connectivity index (χ1v) is 8.71. The van der Waals surface area contributed by atoms with Crippen molar-refractivity contribution in [3.63, 3.8) is 0 Å². The normalized spacial score (nSPS) is 16.6. The number of benzene rings is 2. The highest BCUT2D eigenvalue weighted by atomic mass is 16.5. The third kappa shape index (κ3) is 3.56. The number of nitrogens with one attached hydrogen (secondary N) is 1. The summed E-state index contributed by atoms with van der Waals surface area (Å²) in [5.41, 5.74) is 4.44. The highest BCUT2D eigenvalue weighted by Gasteiger charge is 2.40. The van der Waals surface area contributed by atoms with E-state index < -0.39 is 12.0 Å². The number of imide groups is 1. The first-order valence-electron chi connectivity index (χ1n) is 8.71. The summed E-state index contributed by atoms with van der Waals surface area (Å²) in [6.45, 7) is 5.71. The molecule has 3 rings (SSSR count). The number of nitrogens with zero attached hydrogens (tertiary/aromatic N) is 1. The third-order valence-electron chi connectivity index (χ3n) is 4.73. The fraction of sp³-hybridized carbons (Fsp3) is 0.286. The van der Waals surface area contributed by atoms with Crippen LogP contribution >= 0.6 is 0 Å². The Morgan fingerprint density at radius 3 is 2.48 bits per heavy atom. The average Bonchev–Trinajstić information content (AvgIpc) is 2.90. The molecule has 1 atom stereocenters. The molecule has 2 amide bonds. The molecule has 2 aromatic carbocycles. The van der Waals surface area contributed by atoms with E-state index in [1.54, 1.807) is 24.3 Å². The lowest BCUT2D eigenvalue weighted by Crippen LogP contribution is -2.35. The van der Waals surface area contributed by atoms with E-state index in [2.05, 4.69) is 5.32 Å². The molecule has 0 radical (unpaired) electrons. The maximum Gasteiger partial charge on any atom is 0.337 e. The molecule has 1 N–H and O–H groups in total. The predicted molar refractivity (Wildman–Crippen MR) is 103 cm³/mol. The van der Waals surface area contributed by atoms with E-state index in [0.29, 0.717) is 16.9 Å². The van der Waals surface area contributed by atoms with E-state index in [-0.39, 0.29) is 18.2 Å². The molecule has 2 aromatic rings. The largest absolute Gasteiger partial charge is 0.465 e. The van der Waals surface area contributed by atoms with Crippen LogP contribution < -0.4 is 10.2 Å². The summed E-state index contributed by atoms with van der Waals surface area (Å²) in [5.74, 6) is -0.996. The summed E-state index contributed by atoms with van der Waals surface area (Å²) in [5, 5.41) is 3.12. The van der Waals surface area contributed by atoms with E-state index in [1.807, 2.05) is 32.9 Å². The SMILES string of the molecule is COC(=O)c1ccc(C)c(N[C@H]2CC(=O)N(c3ccc(C)cc3C)C2=O)c1. The number of hydrogen-bond donors (Lipinski definition) is 1. The number of methoxy groups -OCH3 is 1. The number of amides is 2. The van der Waals surface area contributed by atoms with E-state index in [1.165, 1.54) is 12.0 Å². The van der Waals surface area contributed by atoms with Gasteiger partial charge in [0.15, 0.2) is 0 Å². The van der Waals surface area contributed by atoms with Crippen molar-refractivity contribution in [2.45, 2.75) is 33.2 Å². The molecule has 6 nitrogen and oxygen atoms in total. The summed E-state index contributed by atoms with van der Waals surface area (Å²) in [7, 11) is 1.32. The van der Waals surface area contributed by atoms with Crippen LogP contribution in [0.25, 0.3) is 0 Å². The Balaban J connectivity index is 1.87. The van der Waals surface area contributed by atoms with Crippen molar-refractivity contribution in [1.82, 2.24) is 0 Å². The molecule has 6 heteroatoms. The van der Waals surface area contributed by atoms with Crippen LogP contribution in [0.4, 0.5) is 11.4 Å². The van der Waals surface area contributed by atoms with E-state index in [0.717, 1.165) is 16.7 Å². The molecule has 27 heavy (non-hydrogen) atoms. The number of aryl methyl sites for hydroxylation is 3. The second-order valence-electron chi connectivity index (χ2n) is 6.78. The standard InChI is InChI=1S/C21H22N2O4/c1-12-5-8-18(14(3)9-12)23-19(24)11-17(20(23)25)22-16-10-15(21(26)27-4)7-6-13(16)2/h5-10,17,22H,11H2,1-4H3/t17-/m0/s1. The smallest absolute Gasteiger partial charge is 0.337 e. The van der Waals surface area contributed by atoms with Crippen molar-refractivity contribution in [3.8, 4) is 0 Å². The number of anilines is 2. The Morgan fingerprint density at radius 1 is 1.07 bits per heavy atom. The molecule has 1 heterocycles. The van der Waals surface area contributed by atoms with Crippen LogP contribution in [0.15, 0.2) is 36.4 Å². The van der Waals surface area contributed by atoms with Gasteiger partial charge in [0.05, 0.1) is 24.8 Å². The van der Waals surface area contributed by atoms with Crippen LogP contribution in [0.3, 0.4) is 0 Å². The lowest BCUT2D eigenvalue weighted by atomic mass is 10.1. The molecule has 1 fully saturated rings. The highest BCUT2D eigenvalue weighted by molar-refractivity contribution is 6.23. The van der Waals surface area contributed by atoms with Crippen LogP contribution in [0.2, 0.25) is 0 Å². The molecule has 1 saturated heterocycles. The minimum Gasteiger partial charge on any atom is -0.465 e. The molecular weight excluding hydrogens is 344 g/mol. The van der Waals surface area contributed by atoms with Gasteiger partial charge in [0.2, 0.25) is 5.91 Å². The summed E-state index contributed by atoms with van der Waals surface area (Å²) in [6, 6.07) is 10.0. The highest BCUT2D eigenvalue weighted by Crippen LogP contribution is 2.29.